The van der Waals surface area contributed by atoms with Crippen molar-refractivity contribution in [2.75, 3.05) is 27.7 Å². The Morgan fingerprint density at radius 1 is 0.800 bits per heavy atom. The molecule has 1 unspecified atom stereocenters. The molecule has 0 aromatic heterocycles. The fraction of sp³-hybridized carbons (Fsp3) is 0.952. The molecule has 0 amide bonds. The van der Waals surface area contributed by atoms with Gasteiger partial charge >= 0.3 is 0 Å². The lowest BCUT2D eigenvalue weighted by Crippen LogP contribution is -3.00. The molecule has 0 N–H and O–H groups in total. The van der Waals surface area contributed by atoms with E-state index in [0.717, 1.165) is 36.6 Å². The topological polar surface area (TPSA) is 26.3 Å². The predicted octanol–water partition coefficient (Wildman–Crippen LogP) is 2.72. The molecule has 0 aliphatic heterocycles. The van der Waals surface area contributed by atoms with E-state index in [9.17, 15) is 4.79 Å². The first-order valence-electron chi connectivity index (χ1n) is 10.4. The van der Waals surface area contributed by atoms with Crippen molar-refractivity contribution in [2.45, 2.75) is 103 Å². The molecule has 0 saturated heterocycles. The fourth-order valence-electron chi connectivity index (χ4n) is 3.05. The minimum atomic E-state index is 0. The van der Waals surface area contributed by atoms with Gasteiger partial charge in [-0.1, -0.05) is 64.7 Å². The van der Waals surface area contributed by atoms with Crippen molar-refractivity contribution in [1.29, 1.82) is 0 Å². The lowest BCUT2D eigenvalue weighted by molar-refractivity contribution is -0.920. The summed E-state index contributed by atoms with van der Waals surface area (Å²) in [5, 5.41) is 0. The van der Waals surface area contributed by atoms with E-state index in [1.165, 1.54) is 64.2 Å². The summed E-state index contributed by atoms with van der Waals surface area (Å²) in [7, 11) is 6.59. The molecule has 3 nitrogen and oxygen atoms in total. The van der Waals surface area contributed by atoms with Crippen LogP contribution in [0.5, 0.6) is 0 Å². The number of hydrogen-bond donors (Lipinski definition) is 0. The van der Waals surface area contributed by atoms with Crippen LogP contribution in [0.1, 0.15) is 96.8 Å². The molecule has 25 heavy (non-hydrogen) atoms. The van der Waals surface area contributed by atoms with Crippen molar-refractivity contribution >= 4 is 6.29 Å². The molecule has 0 aromatic carbocycles. The van der Waals surface area contributed by atoms with E-state index in [4.69, 9.17) is 4.74 Å². The highest BCUT2D eigenvalue weighted by Gasteiger charge is 2.23. The van der Waals surface area contributed by atoms with Crippen molar-refractivity contribution in [1.82, 2.24) is 0 Å². The third-order valence-corrected chi connectivity index (χ3v) is 4.70. The van der Waals surface area contributed by atoms with Crippen LogP contribution in [0.15, 0.2) is 0 Å². The van der Waals surface area contributed by atoms with Crippen LogP contribution < -0.4 is 24.0 Å². The molecule has 0 radical (unpaired) electrons. The first-order valence-corrected chi connectivity index (χ1v) is 10.4. The summed E-state index contributed by atoms with van der Waals surface area (Å²) < 4.78 is 6.99. The van der Waals surface area contributed by atoms with Gasteiger partial charge in [0.2, 0.25) is 0 Å². The van der Waals surface area contributed by atoms with Gasteiger partial charge in [0.25, 0.3) is 0 Å². The molecule has 0 bridgehead atoms. The smallest absolute Gasteiger partial charge is 0.192 e. The zero-order valence-corrected chi connectivity index (χ0v) is 19.6. The molecule has 4 heteroatoms. The predicted molar refractivity (Wildman–Crippen MR) is 104 cm³/mol. The van der Waals surface area contributed by atoms with Crippen molar-refractivity contribution in [3.8, 4) is 0 Å². The van der Waals surface area contributed by atoms with E-state index in [1.54, 1.807) is 0 Å². The number of aldehydes is 1. The quantitative estimate of drug-likeness (QED) is 0.102. The Kier molecular flexibility index (Phi) is 21.0. The molecule has 0 fully saturated rings. The number of quaternary nitrogens is 1. The number of hydrogen-bond acceptors (Lipinski definition) is 2. The van der Waals surface area contributed by atoms with Gasteiger partial charge in [0.05, 0.1) is 27.7 Å². The summed E-state index contributed by atoms with van der Waals surface area (Å²) in [6.07, 6.45) is 18.7. The van der Waals surface area contributed by atoms with Crippen LogP contribution in [0.2, 0.25) is 0 Å². The van der Waals surface area contributed by atoms with Crippen LogP contribution in [0.25, 0.3) is 0 Å². The number of carbonyl (C=O) groups is 1. The minimum Gasteiger partial charge on any atom is -1.00 e. The number of unbranched alkanes of at least 4 members (excludes halogenated alkanes) is 11. The van der Waals surface area contributed by atoms with Crippen LogP contribution >= 0.6 is 0 Å². The summed E-state index contributed by atoms with van der Waals surface area (Å²) in [4.78, 5) is 10.4. The number of carbonyl (C=O) groups excluding carboxylic acids is 1. The lowest BCUT2D eigenvalue weighted by Gasteiger charge is -2.33. The molecule has 0 aromatic rings. The van der Waals surface area contributed by atoms with E-state index in [0.29, 0.717) is 6.42 Å². The maximum atomic E-state index is 10.4. The van der Waals surface area contributed by atoms with Crippen LogP contribution in [0.3, 0.4) is 0 Å². The highest BCUT2D eigenvalue weighted by atomic mass is 127. The second kappa shape index (κ2) is 19.1. The van der Waals surface area contributed by atoms with Gasteiger partial charge in [-0.3, -0.25) is 0 Å². The molecule has 0 rings (SSSR count). The monoisotopic (exact) mass is 469 g/mol. The van der Waals surface area contributed by atoms with Crippen molar-refractivity contribution in [3.05, 3.63) is 0 Å². The van der Waals surface area contributed by atoms with Gasteiger partial charge in [-0.25, -0.2) is 0 Å². The standard InChI is InChI=1S/C21H44NO2.HI/c1-5-6-7-8-9-10-11-12-13-17-20-24-21(22(2,3)4)18-15-14-16-19-23;/h19,21H,5-18,20H2,1-4H3;1H/q+1;/p-1. The molecule has 1 atom stereocenters. The van der Waals surface area contributed by atoms with Crippen molar-refractivity contribution in [3.63, 3.8) is 0 Å². The van der Waals surface area contributed by atoms with E-state index < -0.39 is 0 Å². The summed E-state index contributed by atoms with van der Waals surface area (Å²) in [6, 6.07) is 0. The van der Waals surface area contributed by atoms with Gasteiger partial charge < -0.3 is 38.0 Å². The maximum Gasteiger partial charge on any atom is 0.192 e. The summed E-state index contributed by atoms with van der Waals surface area (Å²) >= 11 is 0. The average Bonchev–Trinajstić information content (AvgIpc) is 2.53. The molecule has 0 spiro atoms. The Hall–Kier alpha value is 0.320. The largest absolute Gasteiger partial charge is 1.00 e. The molecular weight excluding hydrogens is 425 g/mol. The van der Waals surface area contributed by atoms with Gasteiger partial charge in [-0.15, -0.1) is 0 Å². The second-order valence-corrected chi connectivity index (χ2v) is 8.07. The average molecular weight is 469 g/mol. The highest BCUT2D eigenvalue weighted by Crippen LogP contribution is 2.15. The Bertz CT molecular complexity index is 280. The highest BCUT2D eigenvalue weighted by molar-refractivity contribution is 5.48. The number of nitrogens with zero attached hydrogens (tertiary/aromatic N) is 1. The van der Waals surface area contributed by atoms with Crippen molar-refractivity contribution in [2.24, 2.45) is 0 Å². The van der Waals surface area contributed by atoms with E-state index in [-0.39, 0.29) is 30.2 Å². The second-order valence-electron chi connectivity index (χ2n) is 8.07. The van der Waals surface area contributed by atoms with E-state index in [1.807, 2.05) is 0 Å². The Labute approximate surface area is 174 Å². The van der Waals surface area contributed by atoms with Gasteiger partial charge in [0.1, 0.15) is 6.29 Å². The van der Waals surface area contributed by atoms with Crippen LogP contribution in [0.4, 0.5) is 0 Å². The van der Waals surface area contributed by atoms with Gasteiger partial charge in [-0.05, 0) is 19.3 Å². The zero-order valence-electron chi connectivity index (χ0n) is 17.4. The Morgan fingerprint density at radius 2 is 1.32 bits per heavy atom. The summed E-state index contributed by atoms with van der Waals surface area (Å²) in [5.74, 6) is 0. The lowest BCUT2D eigenvalue weighted by atomic mass is 10.1. The summed E-state index contributed by atoms with van der Waals surface area (Å²) in [5.41, 5.74) is 0. The first kappa shape index (κ1) is 27.5. The number of ether oxygens (including phenoxy) is 1. The summed E-state index contributed by atoms with van der Waals surface area (Å²) in [6.45, 7) is 3.15. The Morgan fingerprint density at radius 3 is 1.80 bits per heavy atom. The van der Waals surface area contributed by atoms with Gasteiger partial charge in [-0.2, -0.15) is 0 Å². The third-order valence-electron chi connectivity index (χ3n) is 4.70. The zero-order chi connectivity index (χ0) is 18.1. The normalized spacial score (nSPS) is 12.6. The molecular formula is C21H44INO2. The van der Waals surface area contributed by atoms with Crippen molar-refractivity contribution < 1.29 is 38.0 Å². The molecule has 152 valence electrons. The molecule has 0 aliphatic carbocycles. The molecule has 0 heterocycles. The maximum absolute atomic E-state index is 10.4. The number of halogens is 1. The minimum absolute atomic E-state index is 0. The molecule has 0 aliphatic rings. The molecule has 0 saturated carbocycles. The van der Waals surface area contributed by atoms with E-state index in [2.05, 4.69) is 28.1 Å². The fourth-order valence-corrected chi connectivity index (χ4v) is 3.05. The van der Waals surface area contributed by atoms with E-state index >= 15 is 0 Å². The number of rotatable bonds is 18. The van der Waals surface area contributed by atoms with Crippen LogP contribution in [0, 0.1) is 0 Å². The van der Waals surface area contributed by atoms with Gasteiger partial charge in [0.15, 0.2) is 6.23 Å². The SMILES string of the molecule is CCCCCCCCCCCCOC(CCCCC=O)[N+](C)(C)C.[I-]. The Balaban J connectivity index is 0. The van der Waals surface area contributed by atoms with Gasteiger partial charge in [0, 0.05) is 12.8 Å². The first-order chi connectivity index (χ1) is 11.5. The van der Waals surface area contributed by atoms with Crippen LogP contribution in [-0.4, -0.2) is 44.7 Å². The van der Waals surface area contributed by atoms with Crippen LogP contribution in [-0.2, 0) is 9.53 Å². The third kappa shape index (κ3) is 18.9.